The molecule has 15 heteroatoms. The molecule has 0 unspecified atom stereocenters. The SMILES string of the molecule is CC(=O)N[C@@H](CC(C)C)C(=O)N[C@@H](Cc1ccc(O)cc1)C(=O)N[C@H](/C=N/NC(N)=S)CCCN=C(N)N.Cl. The average Bonchev–Trinajstić information content (AvgIpc) is 2.81. The van der Waals surface area contributed by atoms with E-state index in [9.17, 15) is 19.5 Å². The van der Waals surface area contributed by atoms with Crippen LogP contribution in [-0.4, -0.2) is 64.8 Å². The summed E-state index contributed by atoms with van der Waals surface area (Å²) in [6, 6.07) is 3.92. The zero-order chi connectivity index (χ0) is 28.7. The smallest absolute Gasteiger partial charge is 0.243 e. The summed E-state index contributed by atoms with van der Waals surface area (Å²) < 4.78 is 0. The van der Waals surface area contributed by atoms with E-state index in [1.165, 1.54) is 25.3 Å². The summed E-state index contributed by atoms with van der Waals surface area (Å²) in [4.78, 5) is 42.2. The number of hydrogen-bond acceptors (Lipinski definition) is 7. The summed E-state index contributed by atoms with van der Waals surface area (Å²) >= 11 is 4.75. The molecule has 0 aromatic heterocycles. The second-order valence-electron chi connectivity index (χ2n) is 9.13. The first-order valence-electron chi connectivity index (χ1n) is 12.2. The fraction of sp³-hybridized carbons (Fsp3) is 0.500. The molecule has 0 aliphatic rings. The molecule has 0 saturated heterocycles. The number of phenolic OH excluding ortho intramolecular Hbond substituents is 1. The lowest BCUT2D eigenvalue weighted by atomic mass is 10.0. The number of nitrogens with one attached hydrogen (secondary N) is 4. The molecular formula is C24H40ClN9O4S. The number of benzene rings is 1. The molecule has 0 fully saturated rings. The largest absolute Gasteiger partial charge is 0.508 e. The molecule has 11 N–H and O–H groups in total. The summed E-state index contributed by atoms with van der Waals surface area (Å²) in [6.45, 7) is 5.52. The highest BCUT2D eigenvalue weighted by atomic mass is 35.5. The highest BCUT2D eigenvalue weighted by Gasteiger charge is 2.28. The Morgan fingerprint density at radius 1 is 1.03 bits per heavy atom. The fourth-order valence-electron chi connectivity index (χ4n) is 3.48. The number of amides is 3. The zero-order valence-electron chi connectivity index (χ0n) is 22.3. The quantitative estimate of drug-likeness (QED) is 0.0446. The van der Waals surface area contributed by atoms with Gasteiger partial charge in [-0.05, 0) is 55.1 Å². The Labute approximate surface area is 240 Å². The molecule has 39 heavy (non-hydrogen) atoms. The van der Waals surface area contributed by atoms with Crippen molar-refractivity contribution >= 4 is 59.6 Å². The molecule has 0 spiro atoms. The van der Waals surface area contributed by atoms with E-state index in [0.717, 1.165) is 0 Å². The van der Waals surface area contributed by atoms with Crippen molar-refractivity contribution in [2.75, 3.05) is 6.54 Å². The number of aromatic hydroxyl groups is 1. The Morgan fingerprint density at radius 2 is 1.64 bits per heavy atom. The first kappa shape index (κ1) is 35.4. The predicted octanol–water partition coefficient (Wildman–Crippen LogP) is -0.250. The van der Waals surface area contributed by atoms with Gasteiger partial charge in [-0.3, -0.25) is 24.8 Å². The van der Waals surface area contributed by atoms with Crippen LogP contribution in [0.1, 0.15) is 45.6 Å². The highest BCUT2D eigenvalue weighted by Crippen LogP contribution is 2.13. The number of thiocarbonyl (C=S) groups is 1. The molecule has 0 heterocycles. The molecule has 3 atom stereocenters. The molecule has 0 aliphatic heterocycles. The first-order chi connectivity index (χ1) is 17.9. The lowest BCUT2D eigenvalue weighted by Crippen LogP contribution is -2.56. The minimum Gasteiger partial charge on any atom is -0.508 e. The Kier molecular flexibility index (Phi) is 16.8. The van der Waals surface area contributed by atoms with Crippen LogP contribution < -0.4 is 38.6 Å². The van der Waals surface area contributed by atoms with Gasteiger partial charge in [-0.25, -0.2) is 0 Å². The predicted molar refractivity (Wildman–Crippen MR) is 158 cm³/mol. The van der Waals surface area contributed by atoms with Crippen LogP contribution in [-0.2, 0) is 20.8 Å². The van der Waals surface area contributed by atoms with Gasteiger partial charge < -0.3 is 38.3 Å². The lowest BCUT2D eigenvalue weighted by Gasteiger charge is -2.25. The fourth-order valence-corrected chi connectivity index (χ4v) is 3.53. The van der Waals surface area contributed by atoms with Gasteiger partial charge in [-0.1, -0.05) is 26.0 Å². The summed E-state index contributed by atoms with van der Waals surface area (Å²) in [5.74, 6) is -1.17. The number of nitrogens with zero attached hydrogens (tertiary/aromatic N) is 2. The number of carbonyl (C=O) groups excluding carboxylic acids is 3. The van der Waals surface area contributed by atoms with Gasteiger partial charge in [0.25, 0.3) is 0 Å². The number of hydrazone groups is 1. The summed E-state index contributed by atoms with van der Waals surface area (Å²) in [5, 5.41) is 21.8. The van der Waals surface area contributed by atoms with Gasteiger partial charge >= 0.3 is 0 Å². The molecule has 1 rings (SSSR count). The van der Waals surface area contributed by atoms with Crippen molar-refractivity contribution in [2.24, 2.45) is 33.2 Å². The van der Waals surface area contributed by atoms with Crippen molar-refractivity contribution in [3.05, 3.63) is 29.8 Å². The molecule has 0 saturated carbocycles. The van der Waals surface area contributed by atoms with Crippen molar-refractivity contribution in [1.29, 1.82) is 0 Å². The van der Waals surface area contributed by atoms with Crippen LogP contribution in [0.3, 0.4) is 0 Å². The second-order valence-corrected chi connectivity index (χ2v) is 9.57. The zero-order valence-corrected chi connectivity index (χ0v) is 24.0. The van der Waals surface area contributed by atoms with E-state index in [1.807, 2.05) is 13.8 Å². The minimum atomic E-state index is -0.993. The van der Waals surface area contributed by atoms with E-state index in [1.54, 1.807) is 12.1 Å². The molecule has 1 aromatic rings. The Morgan fingerprint density at radius 3 is 2.18 bits per heavy atom. The third-order valence-corrected chi connectivity index (χ3v) is 5.23. The van der Waals surface area contributed by atoms with Crippen molar-refractivity contribution in [2.45, 2.75) is 64.6 Å². The molecule has 218 valence electrons. The first-order valence-corrected chi connectivity index (χ1v) is 12.6. The maximum absolute atomic E-state index is 13.4. The van der Waals surface area contributed by atoms with E-state index in [-0.39, 0.29) is 47.5 Å². The molecule has 1 aromatic carbocycles. The van der Waals surface area contributed by atoms with Crippen LogP contribution in [0.15, 0.2) is 34.4 Å². The summed E-state index contributed by atoms with van der Waals surface area (Å²) in [6.07, 6.45) is 2.91. The van der Waals surface area contributed by atoms with E-state index in [0.29, 0.717) is 31.4 Å². The van der Waals surface area contributed by atoms with Gasteiger partial charge in [0.1, 0.15) is 17.8 Å². The number of halogens is 1. The van der Waals surface area contributed by atoms with E-state index < -0.39 is 29.9 Å². The Balaban J connectivity index is 0.0000144. The number of hydrogen-bond donors (Lipinski definition) is 8. The third kappa shape index (κ3) is 16.0. The van der Waals surface area contributed by atoms with Gasteiger partial charge in [0.2, 0.25) is 17.7 Å². The summed E-state index contributed by atoms with van der Waals surface area (Å²) in [5.41, 5.74) is 19.3. The average molecular weight is 586 g/mol. The van der Waals surface area contributed by atoms with Crippen LogP contribution in [0.2, 0.25) is 0 Å². The number of nitrogens with two attached hydrogens (primary N) is 3. The highest BCUT2D eigenvalue weighted by molar-refractivity contribution is 7.80. The van der Waals surface area contributed by atoms with Crippen LogP contribution >= 0.6 is 24.6 Å². The molecule has 0 aliphatic carbocycles. The molecule has 0 radical (unpaired) electrons. The van der Waals surface area contributed by atoms with Gasteiger partial charge in [-0.15, -0.1) is 12.4 Å². The lowest BCUT2D eigenvalue weighted by molar-refractivity contribution is -0.132. The van der Waals surface area contributed by atoms with E-state index in [2.05, 4.69) is 31.5 Å². The Hall–Kier alpha value is -3.65. The number of phenols is 1. The van der Waals surface area contributed by atoms with Crippen LogP contribution in [0.4, 0.5) is 0 Å². The molecular weight excluding hydrogens is 546 g/mol. The number of rotatable bonds is 15. The second kappa shape index (κ2) is 18.6. The van der Waals surface area contributed by atoms with Gasteiger partial charge in [-0.2, -0.15) is 5.10 Å². The van der Waals surface area contributed by atoms with E-state index in [4.69, 9.17) is 29.4 Å². The van der Waals surface area contributed by atoms with Crippen molar-refractivity contribution in [1.82, 2.24) is 21.4 Å². The standard InChI is InChI=1S/C24H39N9O4S.ClH/c1-14(2)11-19(30-15(3)34)22(37)32-20(12-16-6-8-18(35)9-7-16)21(36)31-17(13-29-33-24(27)38)5-4-10-28-23(25)26;/h6-9,13-14,17,19-20,35H,4-5,10-12H2,1-3H3,(H,30,34)(H,31,36)(H,32,37)(H4,25,26,28)(H3,27,33,38);1H/b29-13+;/t17-,19-,20-;/m0./s1. The molecule has 3 amide bonds. The van der Waals surface area contributed by atoms with Crippen molar-refractivity contribution in [3.63, 3.8) is 0 Å². The van der Waals surface area contributed by atoms with Gasteiger partial charge in [0.15, 0.2) is 11.1 Å². The topological polar surface area (TPSA) is 222 Å². The number of carbonyl (C=O) groups is 3. The normalized spacial score (nSPS) is 12.9. The monoisotopic (exact) mass is 585 g/mol. The van der Waals surface area contributed by atoms with Crippen LogP contribution in [0.25, 0.3) is 0 Å². The van der Waals surface area contributed by atoms with Crippen molar-refractivity contribution in [3.8, 4) is 5.75 Å². The third-order valence-electron chi connectivity index (χ3n) is 5.13. The van der Waals surface area contributed by atoms with Crippen molar-refractivity contribution < 1.29 is 19.5 Å². The molecule has 13 nitrogen and oxygen atoms in total. The molecule has 0 bridgehead atoms. The number of aliphatic imine (C=N–C) groups is 1. The Bertz CT molecular complexity index is 1000. The van der Waals surface area contributed by atoms with Crippen LogP contribution in [0, 0.1) is 5.92 Å². The van der Waals surface area contributed by atoms with Crippen LogP contribution in [0.5, 0.6) is 5.75 Å². The minimum absolute atomic E-state index is 0. The van der Waals surface area contributed by atoms with Gasteiger partial charge in [0, 0.05) is 26.1 Å². The summed E-state index contributed by atoms with van der Waals surface area (Å²) in [7, 11) is 0. The van der Waals surface area contributed by atoms with E-state index >= 15 is 0 Å². The maximum Gasteiger partial charge on any atom is 0.243 e. The maximum atomic E-state index is 13.4. The number of guanidine groups is 1. The van der Waals surface area contributed by atoms with Gasteiger partial charge in [0.05, 0.1) is 6.04 Å².